The third-order valence-corrected chi connectivity index (χ3v) is 2.92. The van der Waals surface area contributed by atoms with Crippen molar-refractivity contribution in [2.45, 2.75) is 25.9 Å². The molecule has 2 aromatic carbocycles. The molecule has 0 heterocycles. The smallest absolute Gasteiger partial charge is 0.325 e. The summed E-state index contributed by atoms with van der Waals surface area (Å²) < 4.78 is 5.73. The molecule has 0 radical (unpaired) electrons. The van der Waals surface area contributed by atoms with Crippen molar-refractivity contribution in [3.63, 3.8) is 0 Å². The molecule has 0 saturated heterocycles. The third kappa shape index (κ3) is 4.33. The molecule has 0 fully saturated rings. The number of benzene rings is 2. The molecule has 1 atom stereocenters. The van der Waals surface area contributed by atoms with Crippen molar-refractivity contribution in [3.8, 4) is 11.5 Å². The van der Waals surface area contributed by atoms with Crippen LogP contribution in [0.4, 0.5) is 0 Å². The van der Waals surface area contributed by atoms with Crippen LogP contribution in [-0.4, -0.2) is 17.1 Å². The lowest BCUT2D eigenvalue weighted by Gasteiger charge is -2.18. The third-order valence-electron chi connectivity index (χ3n) is 2.92. The first-order valence-corrected chi connectivity index (χ1v) is 6.88. The molecule has 0 aliphatic rings. The highest BCUT2D eigenvalue weighted by Gasteiger charge is 2.20. The Morgan fingerprint density at radius 3 is 2.33 bits per heavy atom. The van der Waals surface area contributed by atoms with E-state index < -0.39 is 12.0 Å². The Morgan fingerprint density at radius 2 is 1.71 bits per heavy atom. The maximum atomic E-state index is 11.4. The van der Waals surface area contributed by atoms with Crippen LogP contribution in [0.3, 0.4) is 0 Å². The van der Waals surface area contributed by atoms with Crippen LogP contribution in [0, 0.1) is 0 Å². The number of carboxylic acid groups (broad SMARTS) is 1. The molecule has 110 valence electrons. The second-order valence-corrected chi connectivity index (χ2v) is 5.08. The fraction of sp³-hybridized carbons (Fsp3) is 0.235. The average Bonchev–Trinajstić information content (AvgIpc) is 2.45. The zero-order valence-corrected chi connectivity index (χ0v) is 12.1. The van der Waals surface area contributed by atoms with Crippen molar-refractivity contribution < 1.29 is 14.6 Å². The van der Waals surface area contributed by atoms with Crippen LogP contribution in [0.25, 0.3) is 0 Å². The number of para-hydroxylation sites is 1. The first kappa shape index (κ1) is 15.1. The van der Waals surface area contributed by atoms with E-state index in [1.807, 2.05) is 50.2 Å². The van der Waals surface area contributed by atoms with Crippen molar-refractivity contribution in [1.29, 1.82) is 0 Å². The monoisotopic (exact) mass is 285 g/mol. The Bertz CT molecular complexity index is 596. The molecule has 4 nitrogen and oxygen atoms in total. The topological polar surface area (TPSA) is 58.6 Å². The van der Waals surface area contributed by atoms with Gasteiger partial charge in [-0.3, -0.25) is 10.1 Å². The Kier molecular flexibility index (Phi) is 4.95. The summed E-state index contributed by atoms with van der Waals surface area (Å²) in [4.78, 5) is 11.4. The summed E-state index contributed by atoms with van der Waals surface area (Å²) in [5, 5.41) is 12.4. The van der Waals surface area contributed by atoms with Crippen molar-refractivity contribution in [3.05, 3.63) is 60.2 Å². The van der Waals surface area contributed by atoms with E-state index in [0.29, 0.717) is 11.3 Å². The second kappa shape index (κ2) is 6.90. The number of carbonyl (C=O) groups is 1. The van der Waals surface area contributed by atoms with Crippen molar-refractivity contribution in [2.24, 2.45) is 0 Å². The summed E-state index contributed by atoms with van der Waals surface area (Å²) in [5.41, 5.74) is 0.671. The lowest BCUT2D eigenvalue weighted by atomic mass is 10.1. The Labute approximate surface area is 124 Å². The largest absolute Gasteiger partial charge is 0.480 e. The first-order chi connectivity index (χ1) is 10.1. The molecule has 4 heteroatoms. The second-order valence-electron chi connectivity index (χ2n) is 5.08. The molecule has 2 N–H and O–H groups in total. The van der Waals surface area contributed by atoms with Crippen LogP contribution >= 0.6 is 0 Å². The van der Waals surface area contributed by atoms with Gasteiger partial charge in [0.05, 0.1) is 0 Å². The predicted octanol–water partition coefficient (Wildman–Crippen LogP) is 3.60. The van der Waals surface area contributed by atoms with Gasteiger partial charge in [-0.05, 0) is 43.7 Å². The van der Waals surface area contributed by atoms with Gasteiger partial charge in [0.1, 0.15) is 17.5 Å². The van der Waals surface area contributed by atoms with Crippen LogP contribution in [0.15, 0.2) is 54.6 Å². The van der Waals surface area contributed by atoms with E-state index in [1.165, 1.54) is 0 Å². The molecule has 2 rings (SSSR count). The molecule has 0 aliphatic heterocycles. The van der Waals surface area contributed by atoms with Crippen LogP contribution < -0.4 is 10.1 Å². The van der Waals surface area contributed by atoms with Crippen molar-refractivity contribution in [1.82, 2.24) is 5.32 Å². The van der Waals surface area contributed by atoms with Crippen LogP contribution in [0.2, 0.25) is 0 Å². The zero-order valence-electron chi connectivity index (χ0n) is 12.1. The molecule has 0 bridgehead atoms. The van der Waals surface area contributed by atoms with Crippen LogP contribution in [0.5, 0.6) is 11.5 Å². The highest BCUT2D eigenvalue weighted by molar-refractivity contribution is 5.75. The summed E-state index contributed by atoms with van der Waals surface area (Å²) in [6.07, 6.45) is 0. The maximum Gasteiger partial charge on any atom is 0.325 e. The van der Waals surface area contributed by atoms with Crippen LogP contribution in [-0.2, 0) is 4.79 Å². The average molecular weight is 285 g/mol. The van der Waals surface area contributed by atoms with E-state index in [2.05, 4.69) is 5.32 Å². The molecule has 0 aliphatic carbocycles. The SMILES string of the molecule is CC(C)NC(C(=O)O)c1cccc(Oc2ccccc2)c1. The number of ether oxygens (including phenoxy) is 1. The van der Waals surface area contributed by atoms with E-state index in [1.54, 1.807) is 18.2 Å². The van der Waals surface area contributed by atoms with Gasteiger partial charge in [0.25, 0.3) is 0 Å². The molecule has 21 heavy (non-hydrogen) atoms. The minimum absolute atomic E-state index is 0.0739. The van der Waals surface area contributed by atoms with E-state index in [4.69, 9.17) is 4.74 Å². The van der Waals surface area contributed by atoms with Gasteiger partial charge in [-0.1, -0.05) is 30.3 Å². The van der Waals surface area contributed by atoms with Crippen LogP contribution in [0.1, 0.15) is 25.5 Å². The normalized spacial score (nSPS) is 12.1. The number of aliphatic carboxylic acids is 1. The van der Waals surface area contributed by atoms with E-state index in [0.717, 1.165) is 5.75 Å². The number of hydrogen-bond acceptors (Lipinski definition) is 3. The van der Waals surface area contributed by atoms with Gasteiger partial charge >= 0.3 is 5.97 Å². The van der Waals surface area contributed by atoms with Crippen molar-refractivity contribution in [2.75, 3.05) is 0 Å². The summed E-state index contributed by atoms with van der Waals surface area (Å²) >= 11 is 0. The zero-order chi connectivity index (χ0) is 15.2. The van der Waals surface area contributed by atoms with Gasteiger partial charge in [-0.2, -0.15) is 0 Å². The summed E-state index contributed by atoms with van der Waals surface area (Å²) in [5.74, 6) is 0.439. The fourth-order valence-corrected chi connectivity index (χ4v) is 2.03. The van der Waals surface area contributed by atoms with E-state index >= 15 is 0 Å². The van der Waals surface area contributed by atoms with Gasteiger partial charge < -0.3 is 9.84 Å². The van der Waals surface area contributed by atoms with Gasteiger partial charge in [0, 0.05) is 6.04 Å². The highest BCUT2D eigenvalue weighted by Crippen LogP contribution is 2.24. The highest BCUT2D eigenvalue weighted by atomic mass is 16.5. The van der Waals surface area contributed by atoms with E-state index in [9.17, 15) is 9.90 Å². The molecule has 0 saturated carbocycles. The molecular weight excluding hydrogens is 266 g/mol. The Balaban J connectivity index is 2.21. The van der Waals surface area contributed by atoms with Gasteiger partial charge in [0.15, 0.2) is 0 Å². The Hall–Kier alpha value is -2.33. The van der Waals surface area contributed by atoms with Gasteiger partial charge in [-0.15, -0.1) is 0 Å². The lowest BCUT2D eigenvalue weighted by molar-refractivity contribution is -0.139. The molecule has 0 amide bonds. The molecule has 1 unspecified atom stereocenters. The fourth-order valence-electron chi connectivity index (χ4n) is 2.03. The number of rotatable bonds is 6. The van der Waals surface area contributed by atoms with Crippen molar-refractivity contribution >= 4 is 5.97 Å². The van der Waals surface area contributed by atoms with Gasteiger partial charge in [0.2, 0.25) is 0 Å². The minimum atomic E-state index is -0.902. The lowest BCUT2D eigenvalue weighted by Crippen LogP contribution is -2.33. The summed E-state index contributed by atoms with van der Waals surface area (Å²) in [7, 11) is 0. The number of carboxylic acids is 1. The molecule has 0 spiro atoms. The van der Waals surface area contributed by atoms with Gasteiger partial charge in [-0.25, -0.2) is 0 Å². The molecule has 2 aromatic rings. The first-order valence-electron chi connectivity index (χ1n) is 6.88. The summed E-state index contributed by atoms with van der Waals surface area (Å²) in [6, 6.07) is 15.9. The molecule has 0 aromatic heterocycles. The quantitative estimate of drug-likeness (QED) is 0.851. The number of nitrogens with one attached hydrogen (secondary N) is 1. The summed E-state index contributed by atoms with van der Waals surface area (Å²) in [6.45, 7) is 3.83. The Morgan fingerprint density at radius 1 is 1.05 bits per heavy atom. The number of hydrogen-bond donors (Lipinski definition) is 2. The standard InChI is InChI=1S/C17H19NO3/c1-12(2)18-16(17(19)20)13-7-6-10-15(11-13)21-14-8-4-3-5-9-14/h3-12,16,18H,1-2H3,(H,19,20). The minimum Gasteiger partial charge on any atom is -0.480 e. The molecular formula is C17H19NO3. The van der Waals surface area contributed by atoms with E-state index in [-0.39, 0.29) is 6.04 Å². The predicted molar refractivity (Wildman–Crippen MR) is 81.6 cm³/mol. The maximum absolute atomic E-state index is 11.4.